The van der Waals surface area contributed by atoms with Crippen LogP contribution in [-0.2, 0) is 6.42 Å². The highest BCUT2D eigenvalue weighted by Gasteiger charge is 2.17. The van der Waals surface area contributed by atoms with E-state index in [1.807, 2.05) is 7.05 Å². The van der Waals surface area contributed by atoms with Gasteiger partial charge in [-0.25, -0.2) is 9.97 Å². The summed E-state index contributed by atoms with van der Waals surface area (Å²) in [4.78, 5) is 12.7. The summed E-state index contributed by atoms with van der Waals surface area (Å²) in [6.45, 7) is 6.22. The molecule has 6 nitrogen and oxygen atoms in total. The van der Waals surface area contributed by atoms with Gasteiger partial charge in [-0.2, -0.15) is 4.98 Å². The Morgan fingerprint density at radius 1 is 1.30 bits per heavy atom. The molecule has 0 aromatic carbocycles. The number of halogens is 1. The van der Waals surface area contributed by atoms with Crippen molar-refractivity contribution in [1.29, 1.82) is 0 Å². The molecule has 2 aromatic rings. The molecule has 0 spiro atoms. The lowest BCUT2D eigenvalue weighted by molar-refractivity contribution is 0.417. The van der Waals surface area contributed by atoms with Crippen LogP contribution in [-0.4, -0.2) is 33.2 Å². The fourth-order valence-corrected chi connectivity index (χ4v) is 1.79. The van der Waals surface area contributed by atoms with Crippen molar-refractivity contribution in [2.24, 2.45) is 0 Å². The third-order valence-corrected chi connectivity index (χ3v) is 2.97. The van der Waals surface area contributed by atoms with Gasteiger partial charge in [0.05, 0.1) is 11.3 Å². The van der Waals surface area contributed by atoms with Crippen molar-refractivity contribution < 1.29 is 4.52 Å². The molecule has 0 saturated carbocycles. The summed E-state index contributed by atoms with van der Waals surface area (Å²) in [6.07, 6.45) is 3.99. The number of aromatic nitrogens is 4. The van der Waals surface area contributed by atoms with Crippen LogP contribution in [0.3, 0.4) is 0 Å². The lowest BCUT2D eigenvalue weighted by atomic mass is 10.1. The van der Waals surface area contributed by atoms with E-state index in [1.54, 1.807) is 12.5 Å². The van der Waals surface area contributed by atoms with E-state index in [0.29, 0.717) is 17.8 Å². The Morgan fingerprint density at radius 3 is 2.70 bits per heavy atom. The maximum Gasteiger partial charge on any atom is 0.261 e. The van der Waals surface area contributed by atoms with E-state index in [2.05, 4.69) is 46.2 Å². The summed E-state index contributed by atoms with van der Waals surface area (Å²) in [6, 6.07) is 0.307. The number of nitrogens with one attached hydrogen (secondary N) is 1. The molecule has 0 amide bonds. The van der Waals surface area contributed by atoms with Gasteiger partial charge >= 0.3 is 0 Å². The van der Waals surface area contributed by atoms with Crippen LogP contribution in [0.5, 0.6) is 0 Å². The Balaban J connectivity index is 0.00000200. The van der Waals surface area contributed by atoms with Crippen LogP contribution in [0, 0.1) is 0 Å². The maximum absolute atomic E-state index is 5.32. The molecule has 0 saturated heterocycles. The molecule has 0 aliphatic rings. The summed E-state index contributed by atoms with van der Waals surface area (Å²) >= 11 is 0. The monoisotopic (exact) mass is 297 g/mol. The molecule has 20 heavy (non-hydrogen) atoms. The SMILES string of the molecule is CNC(C)Cc1noc(-c2cncnc2C(C)C)n1.Cl. The molecule has 1 atom stereocenters. The van der Waals surface area contributed by atoms with Gasteiger partial charge in [-0.1, -0.05) is 19.0 Å². The maximum atomic E-state index is 5.32. The molecule has 7 heteroatoms. The highest BCUT2D eigenvalue weighted by Crippen LogP contribution is 2.25. The summed E-state index contributed by atoms with van der Waals surface area (Å²) in [5.74, 6) is 1.46. The first kappa shape index (κ1) is 16.5. The molecule has 0 aliphatic carbocycles. The predicted molar refractivity (Wildman–Crippen MR) is 78.9 cm³/mol. The van der Waals surface area contributed by atoms with Crippen molar-refractivity contribution in [3.8, 4) is 11.5 Å². The molecule has 2 rings (SSSR count). The van der Waals surface area contributed by atoms with Crippen molar-refractivity contribution in [3.63, 3.8) is 0 Å². The van der Waals surface area contributed by atoms with Gasteiger partial charge in [0.15, 0.2) is 5.82 Å². The van der Waals surface area contributed by atoms with E-state index in [0.717, 1.165) is 17.7 Å². The first-order valence-electron chi connectivity index (χ1n) is 6.42. The van der Waals surface area contributed by atoms with Gasteiger partial charge in [0.2, 0.25) is 0 Å². The topological polar surface area (TPSA) is 76.7 Å². The molecule has 0 bridgehead atoms. The zero-order valence-corrected chi connectivity index (χ0v) is 12.9. The molecular formula is C13H20ClN5O. The largest absolute Gasteiger partial charge is 0.334 e. The molecule has 1 N–H and O–H groups in total. The highest BCUT2D eigenvalue weighted by atomic mass is 35.5. The Bertz CT molecular complexity index is 543. The molecule has 0 radical (unpaired) electrons. The number of hydrogen-bond acceptors (Lipinski definition) is 6. The van der Waals surface area contributed by atoms with Crippen LogP contribution in [0.2, 0.25) is 0 Å². The van der Waals surface area contributed by atoms with Gasteiger partial charge in [0, 0.05) is 18.7 Å². The van der Waals surface area contributed by atoms with Gasteiger partial charge < -0.3 is 9.84 Å². The molecule has 2 heterocycles. The van der Waals surface area contributed by atoms with Crippen LogP contribution in [0.4, 0.5) is 0 Å². The predicted octanol–water partition coefficient (Wildman–Crippen LogP) is 2.22. The van der Waals surface area contributed by atoms with Crippen molar-refractivity contribution in [2.45, 2.75) is 39.2 Å². The third kappa shape index (κ3) is 3.74. The van der Waals surface area contributed by atoms with Crippen LogP contribution >= 0.6 is 12.4 Å². The smallest absolute Gasteiger partial charge is 0.261 e. The fourth-order valence-electron chi connectivity index (χ4n) is 1.79. The quantitative estimate of drug-likeness (QED) is 0.912. The average molecular weight is 298 g/mol. The van der Waals surface area contributed by atoms with Gasteiger partial charge in [-0.05, 0) is 19.9 Å². The summed E-state index contributed by atoms with van der Waals surface area (Å²) < 4.78 is 5.32. The summed E-state index contributed by atoms with van der Waals surface area (Å²) in [5, 5.41) is 7.14. The molecule has 2 aromatic heterocycles. The highest BCUT2D eigenvalue weighted by molar-refractivity contribution is 5.85. The van der Waals surface area contributed by atoms with E-state index in [-0.39, 0.29) is 18.3 Å². The Morgan fingerprint density at radius 2 is 2.05 bits per heavy atom. The molecule has 0 aliphatic heterocycles. The molecule has 110 valence electrons. The van der Waals surface area contributed by atoms with E-state index >= 15 is 0 Å². The van der Waals surface area contributed by atoms with Gasteiger partial charge in [-0.3, -0.25) is 0 Å². The standard InChI is InChI=1S/C13H19N5O.ClH/c1-8(2)12-10(6-15-7-16-12)13-17-11(18-19-13)5-9(3)14-4;/h6-9,14H,5H2,1-4H3;1H. The van der Waals surface area contributed by atoms with Gasteiger partial charge in [-0.15, -0.1) is 12.4 Å². The van der Waals surface area contributed by atoms with E-state index < -0.39 is 0 Å². The molecule has 0 fully saturated rings. The van der Waals surface area contributed by atoms with Crippen molar-refractivity contribution in [3.05, 3.63) is 24.0 Å². The second-order valence-electron chi connectivity index (χ2n) is 4.89. The number of nitrogens with zero attached hydrogens (tertiary/aromatic N) is 4. The van der Waals surface area contributed by atoms with Crippen LogP contribution in [0.1, 0.15) is 38.2 Å². The molecule has 1 unspecified atom stereocenters. The zero-order chi connectivity index (χ0) is 13.8. The van der Waals surface area contributed by atoms with E-state index in [1.165, 1.54) is 0 Å². The van der Waals surface area contributed by atoms with Gasteiger partial charge in [0.25, 0.3) is 5.89 Å². The fraction of sp³-hybridized carbons (Fsp3) is 0.538. The zero-order valence-electron chi connectivity index (χ0n) is 12.1. The number of rotatable bonds is 5. The van der Waals surface area contributed by atoms with Gasteiger partial charge in [0.1, 0.15) is 6.33 Å². The Hall–Kier alpha value is -1.53. The number of likely N-dealkylation sites (N-methyl/N-ethyl adjacent to an activating group) is 1. The number of hydrogen-bond donors (Lipinski definition) is 1. The summed E-state index contributed by atoms with van der Waals surface area (Å²) in [5.41, 5.74) is 1.74. The summed E-state index contributed by atoms with van der Waals surface area (Å²) in [7, 11) is 1.91. The first-order valence-corrected chi connectivity index (χ1v) is 6.42. The average Bonchev–Trinajstić information content (AvgIpc) is 2.86. The second-order valence-corrected chi connectivity index (χ2v) is 4.89. The van der Waals surface area contributed by atoms with Crippen LogP contribution in [0.15, 0.2) is 17.0 Å². The minimum Gasteiger partial charge on any atom is -0.334 e. The first-order chi connectivity index (χ1) is 9.11. The third-order valence-electron chi connectivity index (χ3n) is 2.97. The Labute approximate surface area is 124 Å². The van der Waals surface area contributed by atoms with Crippen LogP contribution in [0.25, 0.3) is 11.5 Å². The lowest BCUT2D eigenvalue weighted by Crippen LogP contribution is -2.24. The van der Waals surface area contributed by atoms with Crippen LogP contribution < -0.4 is 5.32 Å². The minimum absolute atomic E-state index is 0. The molecular weight excluding hydrogens is 278 g/mol. The Kier molecular flexibility index (Phi) is 6.04. The normalized spacial score (nSPS) is 12.2. The van der Waals surface area contributed by atoms with Crippen molar-refractivity contribution >= 4 is 12.4 Å². The van der Waals surface area contributed by atoms with E-state index in [4.69, 9.17) is 4.52 Å². The van der Waals surface area contributed by atoms with Crippen molar-refractivity contribution in [1.82, 2.24) is 25.4 Å². The second kappa shape index (κ2) is 7.31. The lowest BCUT2D eigenvalue weighted by Gasteiger charge is -2.06. The minimum atomic E-state index is 0. The van der Waals surface area contributed by atoms with Crippen molar-refractivity contribution in [2.75, 3.05) is 7.05 Å². The van der Waals surface area contributed by atoms with E-state index in [9.17, 15) is 0 Å².